The van der Waals surface area contributed by atoms with Gasteiger partial charge >= 0.3 is 12.1 Å². The second-order valence-corrected chi connectivity index (χ2v) is 12.5. The normalized spacial score (nSPS) is 13.7. The molecule has 12 heteroatoms. The molecule has 2 atom stereocenters. The van der Waals surface area contributed by atoms with E-state index in [1.54, 1.807) is 60.7 Å². The lowest BCUT2D eigenvalue weighted by Crippen LogP contribution is -2.57. The molecule has 0 bridgehead atoms. The standard InChI is InChI=1S/C34H34N4O7S/c1-23(35-34(42)45-22-30-28-18-10-8-16-26(28)27-17-9-11-19-29(27)30)32(39)36-38(21-25-14-6-3-7-15-25)46(43,44)37-31(33(40)41)20-24-12-4-2-5-13-24/h2-19,23,30-31,37H,20-22H2,1H3,(H,35,42)(H,36,39)(H,40,41)/t23-,31+/m0/s1. The molecule has 11 nitrogen and oxygen atoms in total. The predicted octanol–water partition coefficient (Wildman–Crippen LogP) is 3.98. The van der Waals surface area contributed by atoms with Crippen LogP contribution in [-0.4, -0.2) is 54.6 Å². The van der Waals surface area contributed by atoms with Gasteiger partial charge < -0.3 is 15.2 Å². The highest BCUT2D eigenvalue weighted by atomic mass is 32.2. The average Bonchev–Trinajstić information content (AvgIpc) is 3.37. The highest BCUT2D eigenvalue weighted by Gasteiger charge is 2.33. The molecule has 0 heterocycles. The molecule has 0 spiro atoms. The second kappa shape index (κ2) is 14.4. The number of rotatable bonds is 13. The smallest absolute Gasteiger partial charge is 0.407 e. The van der Waals surface area contributed by atoms with Crippen LogP contribution in [-0.2, 0) is 37.5 Å². The van der Waals surface area contributed by atoms with Crippen LogP contribution in [0.5, 0.6) is 0 Å². The Labute approximate surface area is 267 Å². The maximum Gasteiger partial charge on any atom is 0.407 e. The fraction of sp³-hybridized carbons (Fsp3) is 0.206. The van der Waals surface area contributed by atoms with Crippen LogP contribution in [0.2, 0.25) is 0 Å². The fourth-order valence-corrected chi connectivity index (χ4v) is 6.51. The first-order valence-electron chi connectivity index (χ1n) is 14.6. The Morgan fingerprint density at radius 3 is 1.89 bits per heavy atom. The number of aliphatic carboxylic acids is 1. The number of carboxylic acids is 1. The Bertz CT molecular complexity index is 1760. The van der Waals surface area contributed by atoms with Gasteiger partial charge in [0.05, 0.1) is 6.54 Å². The van der Waals surface area contributed by atoms with Crippen LogP contribution in [0.15, 0.2) is 109 Å². The van der Waals surface area contributed by atoms with Gasteiger partial charge in [-0.2, -0.15) is 13.1 Å². The first-order chi connectivity index (χ1) is 22.1. The van der Waals surface area contributed by atoms with E-state index in [0.29, 0.717) is 15.5 Å². The van der Waals surface area contributed by atoms with Gasteiger partial charge in [-0.05, 0) is 46.7 Å². The molecule has 4 aromatic carbocycles. The van der Waals surface area contributed by atoms with Gasteiger partial charge in [-0.25, -0.2) is 4.79 Å². The third kappa shape index (κ3) is 7.78. The van der Waals surface area contributed by atoms with E-state index in [2.05, 4.69) is 15.5 Å². The Morgan fingerprint density at radius 2 is 1.33 bits per heavy atom. The predicted molar refractivity (Wildman–Crippen MR) is 171 cm³/mol. The molecule has 0 aromatic heterocycles. The monoisotopic (exact) mass is 642 g/mol. The molecule has 5 rings (SSSR count). The van der Waals surface area contributed by atoms with Crippen molar-refractivity contribution in [1.82, 2.24) is 19.9 Å². The summed E-state index contributed by atoms with van der Waals surface area (Å²) < 4.78 is 35.3. The van der Waals surface area contributed by atoms with Crippen molar-refractivity contribution < 1.29 is 32.6 Å². The lowest BCUT2D eigenvalue weighted by Gasteiger charge is -2.26. The Hall–Kier alpha value is -5.04. The van der Waals surface area contributed by atoms with Crippen LogP contribution >= 0.6 is 0 Å². The Balaban J connectivity index is 1.24. The maximum atomic E-state index is 13.5. The number of carboxylic acid groups (broad SMARTS) is 1. The Kier molecular flexibility index (Phi) is 10.1. The summed E-state index contributed by atoms with van der Waals surface area (Å²) in [5.74, 6) is -2.42. The number of alkyl carbamates (subject to hydrolysis) is 1. The number of hydrogen-bond donors (Lipinski definition) is 4. The molecule has 0 unspecified atom stereocenters. The summed E-state index contributed by atoms with van der Waals surface area (Å²) in [6.07, 6.45) is -0.976. The topological polar surface area (TPSA) is 154 Å². The molecule has 0 saturated heterocycles. The van der Waals surface area contributed by atoms with Crippen molar-refractivity contribution in [3.63, 3.8) is 0 Å². The van der Waals surface area contributed by atoms with E-state index in [4.69, 9.17) is 4.74 Å². The zero-order valence-electron chi connectivity index (χ0n) is 25.0. The fourth-order valence-electron chi connectivity index (χ4n) is 5.31. The number of amides is 2. The minimum atomic E-state index is -4.59. The first-order valence-corrected chi connectivity index (χ1v) is 16.1. The van der Waals surface area contributed by atoms with E-state index in [1.807, 2.05) is 48.5 Å². The molecule has 4 N–H and O–H groups in total. The van der Waals surface area contributed by atoms with Crippen LogP contribution in [0.25, 0.3) is 11.1 Å². The zero-order chi connectivity index (χ0) is 32.7. The van der Waals surface area contributed by atoms with Crippen molar-refractivity contribution in [2.45, 2.75) is 37.9 Å². The number of fused-ring (bicyclic) bond motifs is 3. The average molecular weight is 643 g/mol. The highest BCUT2D eigenvalue weighted by molar-refractivity contribution is 7.87. The van der Waals surface area contributed by atoms with Crippen molar-refractivity contribution in [3.05, 3.63) is 131 Å². The molecule has 4 aromatic rings. The third-order valence-corrected chi connectivity index (χ3v) is 9.02. The van der Waals surface area contributed by atoms with Crippen molar-refractivity contribution in [2.24, 2.45) is 0 Å². The van der Waals surface area contributed by atoms with Gasteiger partial charge in [0, 0.05) is 5.92 Å². The largest absolute Gasteiger partial charge is 0.480 e. The molecule has 1 aliphatic carbocycles. The van der Waals surface area contributed by atoms with Crippen LogP contribution in [0.4, 0.5) is 4.79 Å². The van der Waals surface area contributed by atoms with E-state index in [9.17, 15) is 27.9 Å². The van der Waals surface area contributed by atoms with Crippen LogP contribution in [0.3, 0.4) is 0 Å². The van der Waals surface area contributed by atoms with E-state index < -0.39 is 40.3 Å². The van der Waals surface area contributed by atoms with Gasteiger partial charge in [-0.15, -0.1) is 0 Å². The summed E-state index contributed by atoms with van der Waals surface area (Å²) >= 11 is 0. The quantitative estimate of drug-likeness (QED) is 0.161. The molecule has 0 saturated carbocycles. The third-order valence-electron chi connectivity index (χ3n) is 7.64. The van der Waals surface area contributed by atoms with E-state index >= 15 is 0 Å². The maximum absolute atomic E-state index is 13.5. The van der Waals surface area contributed by atoms with Crippen molar-refractivity contribution in [1.29, 1.82) is 0 Å². The molecule has 0 fully saturated rings. The summed E-state index contributed by atoms with van der Waals surface area (Å²) in [6.45, 7) is 1.11. The summed E-state index contributed by atoms with van der Waals surface area (Å²) in [7, 11) is -4.59. The Morgan fingerprint density at radius 1 is 0.804 bits per heavy atom. The number of benzene rings is 4. The lowest BCUT2D eigenvalue weighted by atomic mass is 9.98. The SMILES string of the molecule is C[C@H](NC(=O)OCC1c2ccccc2-c2ccccc21)C(=O)NN(Cc1ccccc1)S(=O)(=O)N[C@H](Cc1ccccc1)C(=O)O. The van der Waals surface area contributed by atoms with Crippen LogP contribution in [0.1, 0.15) is 35.1 Å². The number of hydrogen-bond acceptors (Lipinski definition) is 6. The zero-order valence-corrected chi connectivity index (χ0v) is 25.8. The van der Waals surface area contributed by atoms with Gasteiger partial charge in [0.1, 0.15) is 18.7 Å². The van der Waals surface area contributed by atoms with E-state index in [0.717, 1.165) is 22.3 Å². The molecule has 46 heavy (non-hydrogen) atoms. The lowest BCUT2D eigenvalue weighted by molar-refractivity contribution is -0.139. The molecular weight excluding hydrogens is 608 g/mol. The molecular formula is C34H34N4O7S. The number of nitrogens with one attached hydrogen (secondary N) is 3. The molecule has 2 amide bonds. The summed E-state index contributed by atoms with van der Waals surface area (Å²) in [5.41, 5.74) is 7.66. The van der Waals surface area contributed by atoms with Gasteiger partial charge in [0.2, 0.25) is 0 Å². The minimum Gasteiger partial charge on any atom is -0.480 e. The van der Waals surface area contributed by atoms with Crippen molar-refractivity contribution in [2.75, 3.05) is 6.61 Å². The molecule has 1 aliphatic rings. The summed E-state index contributed by atoms with van der Waals surface area (Å²) in [5, 5.41) is 12.2. The van der Waals surface area contributed by atoms with E-state index in [-0.39, 0.29) is 25.5 Å². The summed E-state index contributed by atoms with van der Waals surface area (Å²) in [6, 6.07) is 30.1. The molecule has 238 valence electrons. The number of carbonyl (C=O) groups excluding carboxylic acids is 2. The van der Waals surface area contributed by atoms with Crippen LogP contribution in [0, 0.1) is 0 Å². The van der Waals surface area contributed by atoms with E-state index in [1.165, 1.54) is 6.92 Å². The number of nitrogens with zero attached hydrogens (tertiary/aromatic N) is 1. The van der Waals surface area contributed by atoms with Crippen LogP contribution < -0.4 is 15.5 Å². The van der Waals surface area contributed by atoms with Crippen molar-refractivity contribution in [3.8, 4) is 11.1 Å². The molecule has 0 aliphatic heterocycles. The first kappa shape index (κ1) is 32.4. The number of ether oxygens (including phenoxy) is 1. The molecule has 0 radical (unpaired) electrons. The highest BCUT2D eigenvalue weighted by Crippen LogP contribution is 2.44. The minimum absolute atomic E-state index is 0.0324. The van der Waals surface area contributed by atoms with Gasteiger partial charge in [-0.1, -0.05) is 114 Å². The number of hydrazine groups is 1. The van der Waals surface area contributed by atoms with Gasteiger partial charge in [0.25, 0.3) is 16.1 Å². The van der Waals surface area contributed by atoms with Gasteiger partial charge in [0.15, 0.2) is 0 Å². The number of carbonyl (C=O) groups is 3. The second-order valence-electron chi connectivity index (χ2n) is 10.9. The van der Waals surface area contributed by atoms with Crippen molar-refractivity contribution >= 4 is 28.2 Å². The van der Waals surface area contributed by atoms with Gasteiger partial charge in [-0.3, -0.25) is 15.0 Å². The summed E-state index contributed by atoms with van der Waals surface area (Å²) in [4.78, 5) is 38.0.